The summed E-state index contributed by atoms with van der Waals surface area (Å²) in [6, 6.07) is 4.98. The molecule has 0 radical (unpaired) electrons. The van der Waals surface area contributed by atoms with Crippen molar-refractivity contribution in [3.63, 3.8) is 0 Å². The van der Waals surface area contributed by atoms with E-state index in [0.717, 1.165) is 0 Å². The minimum Gasteiger partial charge on any atom is -0.487 e. The molecule has 3 N–H and O–H groups in total. The summed E-state index contributed by atoms with van der Waals surface area (Å²) in [7, 11) is 0. The smallest absolute Gasteiger partial charge is 0.269 e. The molecule has 1 fully saturated rings. The number of nitrogens with zero attached hydrogens (tertiary/aromatic N) is 4. The first-order valence-electron chi connectivity index (χ1n) is 7.86. The third kappa shape index (κ3) is 3.80. The molecule has 1 aromatic carbocycles. The fraction of sp³-hybridized carbons (Fsp3) is 0.467. The van der Waals surface area contributed by atoms with E-state index in [9.17, 15) is 20.3 Å². The van der Waals surface area contributed by atoms with Crippen LogP contribution in [0.15, 0.2) is 30.5 Å². The second kappa shape index (κ2) is 7.74. The average molecular weight is 366 g/mol. The Balaban J connectivity index is 1.60. The van der Waals surface area contributed by atoms with E-state index >= 15 is 0 Å². The van der Waals surface area contributed by atoms with E-state index in [4.69, 9.17) is 14.6 Å². The SMILES string of the molecule is O=[N+]([O-])c1ccc(OCc2cn([C@H]3CO[C@H](CO)[C@H](O)[C@@H]3O)nn2)cc1. The maximum absolute atomic E-state index is 10.6. The Morgan fingerprint density at radius 3 is 2.69 bits per heavy atom. The minimum absolute atomic E-state index is 0.0330. The van der Waals surface area contributed by atoms with Crippen LogP contribution in [-0.2, 0) is 11.3 Å². The zero-order valence-electron chi connectivity index (χ0n) is 13.6. The zero-order chi connectivity index (χ0) is 18.7. The van der Waals surface area contributed by atoms with E-state index in [0.29, 0.717) is 11.4 Å². The monoisotopic (exact) mass is 366 g/mol. The Morgan fingerprint density at radius 2 is 2.04 bits per heavy atom. The first-order chi connectivity index (χ1) is 12.5. The van der Waals surface area contributed by atoms with E-state index < -0.39 is 35.9 Å². The molecule has 0 bridgehead atoms. The number of aliphatic hydroxyl groups excluding tert-OH is 3. The molecule has 3 rings (SSSR count). The summed E-state index contributed by atoms with van der Waals surface area (Å²) < 4.78 is 12.2. The molecular formula is C15H18N4O7. The molecule has 0 aliphatic carbocycles. The first kappa shape index (κ1) is 18.2. The van der Waals surface area contributed by atoms with Crippen molar-refractivity contribution in [3.8, 4) is 5.75 Å². The molecular weight excluding hydrogens is 348 g/mol. The molecule has 140 valence electrons. The zero-order valence-corrected chi connectivity index (χ0v) is 13.6. The number of hydrogen-bond donors (Lipinski definition) is 3. The molecule has 0 spiro atoms. The van der Waals surface area contributed by atoms with Gasteiger partial charge in [-0.1, -0.05) is 5.21 Å². The fourth-order valence-electron chi connectivity index (χ4n) is 2.62. The van der Waals surface area contributed by atoms with Crippen LogP contribution in [0.1, 0.15) is 11.7 Å². The largest absolute Gasteiger partial charge is 0.487 e. The van der Waals surface area contributed by atoms with Crippen LogP contribution in [0.25, 0.3) is 0 Å². The van der Waals surface area contributed by atoms with Crippen LogP contribution in [-0.4, -0.2) is 66.8 Å². The predicted octanol–water partition coefficient (Wildman–Crippen LogP) is -0.581. The van der Waals surface area contributed by atoms with Gasteiger partial charge >= 0.3 is 0 Å². The summed E-state index contributed by atoms with van der Waals surface area (Å²) in [5.74, 6) is 0.437. The Kier molecular flexibility index (Phi) is 5.42. The van der Waals surface area contributed by atoms with Gasteiger partial charge in [-0.2, -0.15) is 0 Å². The van der Waals surface area contributed by atoms with Crippen LogP contribution < -0.4 is 4.74 Å². The number of benzene rings is 1. The van der Waals surface area contributed by atoms with Crippen molar-refractivity contribution >= 4 is 5.69 Å². The standard InChI is InChI=1S/C15H18N4O7/c20-6-13-15(22)14(21)12(8-26-13)18-5-9(16-17-18)7-25-11-3-1-10(2-4-11)19(23)24/h1-5,12-15,20-22H,6-8H2/t12-,13+,14+,15-/m0/s1. The van der Waals surface area contributed by atoms with E-state index in [2.05, 4.69) is 10.3 Å². The number of aliphatic hydroxyl groups is 3. The lowest BCUT2D eigenvalue weighted by Crippen LogP contribution is -2.52. The van der Waals surface area contributed by atoms with Gasteiger partial charge in [-0.15, -0.1) is 5.10 Å². The molecule has 4 atom stereocenters. The molecule has 26 heavy (non-hydrogen) atoms. The van der Waals surface area contributed by atoms with Gasteiger partial charge in [0.2, 0.25) is 0 Å². The van der Waals surface area contributed by atoms with Crippen LogP contribution in [0.3, 0.4) is 0 Å². The van der Waals surface area contributed by atoms with E-state index in [-0.39, 0.29) is 18.9 Å². The third-order valence-electron chi connectivity index (χ3n) is 4.12. The Bertz CT molecular complexity index is 751. The lowest BCUT2D eigenvalue weighted by Gasteiger charge is -2.36. The molecule has 0 unspecified atom stereocenters. The van der Waals surface area contributed by atoms with Crippen molar-refractivity contribution in [1.82, 2.24) is 15.0 Å². The van der Waals surface area contributed by atoms with Gasteiger partial charge in [0, 0.05) is 12.1 Å². The normalized spacial score (nSPS) is 25.8. The van der Waals surface area contributed by atoms with E-state index in [1.807, 2.05) is 0 Å². The summed E-state index contributed by atoms with van der Waals surface area (Å²) in [4.78, 5) is 10.1. The van der Waals surface area contributed by atoms with E-state index in [1.165, 1.54) is 28.9 Å². The number of non-ortho nitro benzene ring substituents is 1. The van der Waals surface area contributed by atoms with Crippen LogP contribution >= 0.6 is 0 Å². The second-order valence-corrected chi connectivity index (χ2v) is 5.83. The highest BCUT2D eigenvalue weighted by atomic mass is 16.6. The fourth-order valence-corrected chi connectivity index (χ4v) is 2.62. The highest BCUT2D eigenvalue weighted by Gasteiger charge is 2.39. The van der Waals surface area contributed by atoms with Crippen LogP contribution in [0, 0.1) is 10.1 Å². The number of ether oxygens (including phenoxy) is 2. The molecule has 1 saturated heterocycles. The maximum atomic E-state index is 10.6. The molecule has 0 saturated carbocycles. The molecule has 11 heteroatoms. The van der Waals surface area contributed by atoms with Gasteiger partial charge in [0.1, 0.15) is 42.4 Å². The van der Waals surface area contributed by atoms with Gasteiger partial charge in [0.05, 0.1) is 24.3 Å². The Hall–Kier alpha value is -2.60. The summed E-state index contributed by atoms with van der Waals surface area (Å²) >= 11 is 0. The first-order valence-corrected chi connectivity index (χ1v) is 7.86. The third-order valence-corrected chi connectivity index (χ3v) is 4.12. The number of rotatable bonds is 6. The Labute approximate surface area is 147 Å². The van der Waals surface area contributed by atoms with Gasteiger partial charge in [-0.3, -0.25) is 10.1 Å². The van der Waals surface area contributed by atoms with Crippen molar-refractivity contribution in [1.29, 1.82) is 0 Å². The highest BCUT2D eigenvalue weighted by molar-refractivity contribution is 5.36. The summed E-state index contributed by atoms with van der Waals surface area (Å²) in [6.07, 6.45) is -1.68. The molecule has 11 nitrogen and oxygen atoms in total. The molecule has 1 aliphatic rings. The number of aromatic nitrogens is 3. The highest BCUT2D eigenvalue weighted by Crippen LogP contribution is 2.24. The molecule has 2 aromatic rings. The van der Waals surface area contributed by atoms with Crippen LogP contribution in [0.5, 0.6) is 5.75 Å². The average Bonchev–Trinajstić information content (AvgIpc) is 3.11. The molecule has 1 aromatic heterocycles. The topological polar surface area (TPSA) is 153 Å². The summed E-state index contributed by atoms with van der Waals surface area (Å²) in [5.41, 5.74) is 0.434. The second-order valence-electron chi connectivity index (χ2n) is 5.83. The van der Waals surface area contributed by atoms with Gasteiger partial charge in [0.25, 0.3) is 5.69 Å². The van der Waals surface area contributed by atoms with Crippen molar-refractivity contribution in [2.45, 2.75) is 31.0 Å². The Morgan fingerprint density at radius 1 is 1.31 bits per heavy atom. The van der Waals surface area contributed by atoms with E-state index in [1.54, 1.807) is 6.20 Å². The van der Waals surface area contributed by atoms with Crippen molar-refractivity contribution < 1.29 is 29.7 Å². The molecule has 1 aliphatic heterocycles. The summed E-state index contributed by atoms with van der Waals surface area (Å²) in [6.45, 7) is -0.255. The van der Waals surface area contributed by atoms with Gasteiger partial charge in [0.15, 0.2) is 0 Å². The van der Waals surface area contributed by atoms with Crippen molar-refractivity contribution in [2.75, 3.05) is 13.2 Å². The number of nitro groups is 1. The lowest BCUT2D eigenvalue weighted by atomic mass is 9.98. The number of nitro benzene ring substituents is 1. The summed E-state index contributed by atoms with van der Waals surface area (Å²) in [5, 5.41) is 47.6. The van der Waals surface area contributed by atoms with Crippen LogP contribution in [0.4, 0.5) is 5.69 Å². The molecule has 2 heterocycles. The molecule has 0 amide bonds. The van der Waals surface area contributed by atoms with Gasteiger partial charge in [-0.05, 0) is 12.1 Å². The van der Waals surface area contributed by atoms with Gasteiger partial charge in [-0.25, -0.2) is 4.68 Å². The van der Waals surface area contributed by atoms with Crippen LogP contribution in [0.2, 0.25) is 0 Å². The minimum atomic E-state index is -1.23. The quantitative estimate of drug-likeness (QED) is 0.450. The predicted molar refractivity (Wildman–Crippen MR) is 85.3 cm³/mol. The van der Waals surface area contributed by atoms with Gasteiger partial charge < -0.3 is 24.8 Å². The maximum Gasteiger partial charge on any atom is 0.269 e. The van der Waals surface area contributed by atoms with Crippen molar-refractivity contribution in [2.24, 2.45) is 0 Å². The van der Waals surface area contributed by atoms with Crippen molar-refractivity contribution in [3.05, 3.63) is 46.3 Å². The lowest BCUT2D eigenvalue weighted by molar-refractivity contribution is -0.384. The number of hydrogen-bond acceptors (Lipinski definition) is 9.